The standard InChI is InChI=1S/C10H21N/c1-6-8-11(7-2)10(5)9(3)4/h9H,5-8H2,1-4H3. The minimum atomic E-state index is 0.585. The number of nitrogens with zero attached hydrogens (tertiary/aromatic N) is 1. The highest BCUT2D eigenvalue weighted by molar-refractivity contribution is 4.96. The summed E-state index contributed by atoms with van der Waals surface area (Å²) in [6.07, 6.45) is 1.21. The molecule has 11 heavy (non-hydrogen) atoms. The van der Waals surface area contributed by atoms with Crippen LogP contribution in [0.1, 0.15) is 34.1 Å². The van der Waals surface area contributed by atoms with Crippen LogP contribution in [0.15, 0.2) is 12.3 Å². The number of hydrogen-bond donors (Lipinski definition) is 0. The van der Waals surface area contributed by atoms with Gasteiger partial charge in [0, 0.05) is 18.8 Å². The van der Waals surface area contributed by atoms with Gasteiger partial charge in [-0.15, -0.1) is 0 Å². The van der Waals surface area contributed by atoms with Crippen molar-refractivity contribution in [2.24, 2.45) is 5.92 Å². The third kappa shape index (κ3) is 3.45. The highest BCUT2D eigenvalue weighted by Gasteiger charge is 2.06. The van der Waals surface area contributed by atoms with Crippen LogP contribution >= 0.6 is 0 Å². The molecule has 0 unspecified atom stereocenters. The Morgan fingerprint density at radius 2 is 1.91 bits per heavy atom. The summed E-state index contributed by atoms with van der Waals surface area (Å²) in [4.78, 5) is 2.35. The second-order valence-corrected chi connectivity index (χ2v) is 3.23. The summed E-state index contributed by atoms with van der Waals surface area (Å²) in [5.41, 5.74) is 1.27. The van der Waals surface area contributed by atoms with E-state index in [1.54, 1.807) is 0 Å². The van der Waals surface area contributed by atoms with Gasteiger partial charge in [0.2, 0.25) is 0 Å². The third-order valence-electron chi connectivity index (χ3n) is 1.95. The Balaban J connectivity index is 3.92. The quantitative estimate of drug-likeness (QED) is 0.590. The third-order valence-corrected chi connectivity index (χ3v) is 1.95. The molecule has 0 saturated carbocycles. The van der Waals surface area contributed by atoms with Gasteiger partial charge in [-0.3, -0.25) is 0 Å². The summed E-state index contributed by atoms with van der Waals surface area (Å²) in [6, 6.07) is 0. The van der Waals surface area contributed by atoms with Crippen molar-refractivity contribution in [2.75, 3.05) is 13.1 Å². The van der Waals surface area contributed by atoms with Gasteiger partial charge in [-0.25, -0.2) is 0 Å². The van der Waals surface area contributed by atoms with Crippen LogP contribution in [0.4, 0.5) is 0 Å². The van der Waals surface area contributed by atoms with Gasteiger partial charge in [0.1, 0.15) is 0 Å². The maximum atomic E-state index is 4.07. The number of rotatable bonds is 5. The molecule has 1 heteroatoms. The Labute approximate surface area is 71.1 Å². The van der Waals surface area contributed by atoms with Crippen LogP contribution in [-0.4, -0.2) is 18.0 Å². The van der Waals surface area contributed by atoms with Crippen LogP contribution in [0, 0.1) is 5.92 Å². The summed E-state index contributed by atoms with van der Waals surface area (Å²) in [5.74, 6) is 0.585. The average Bonchev–Trinajstić information content (AvgIpc) is 1.98. The van der Waals surface area contributed by atoms with E-state index in [1.165, 1.54) is 12.1 Å². The molecule has 66 valence electrons. The van der Waals surface area contributed by atoms with Crippen LogP contribution in [0.3, 0.4) is 0 Å². The molecule has 0 radical (unpaired) electrons. The van der Waals surface area contributed by atoms with E-state index in [0.717, 1.165) is 13.1 Å². The van der Waals surface area contributed by atoms with Crippen molar-refractivity contribution in [3.8, 4) is 0 Å². The monoisotopic (exact) mass is 155 g/mol. The van der Waals surface area contributed by atoms with Crippen molar-refractivity contribution in [1.29, 1.82) is 0 Å². The van der Waals surface area contributed by atoms with E-state index in [4.69, 9.17) is 0 Å². The van der Waals surface area contributed by atoms with Gasteiger partial charge in [-0.2, -0.15) is 0 Å². The molecule has 0 spiro atoms. The van der Waals surface area contributed by atoms with Crippen molar-refractivity contribution in [1.82, 2.24) is 4.90 Å². The largest absolute Gasteiger partial charge is 0.375 e. The minimum Gasteiger partial charge on any atom is -0.375 e. The van der Waals surface area contributed by atoms with Crippen molar-refractivity contribution in [2.45, 2.75) is 34.1 Å². The molecular weight excluding hydrogens is 134 g/mol. The number of allylic oxidation sites excluding steroid dienone is 1. The van der Waals surface area contributed by atoms with Crippen molar-refractivity contribution in [3.05, 3.63) is 12.3 Å². The fraction of sp³-hybridized carbons (Fsp3) is 0.800. The summed E-state index contributed by atoms with van der Waals surface area (Å²) in [7, 11) is 0. The Hall–Kier alpha value is -0.460. The SMILES string of the molecule is C=C(C(C)C)N(CC)CCC. The molecule has 0 fully saturated rings. The fourth-order valence-electron chi connectivity index (χ4n) is 1.14. The van der Waals surface area contributed by atoms with Crippen LogP contribution in [-0.2, 0) is 0 Å². The first-order chi connectivity index (χ1) is 5.13. The molecule has 0 aromatic rings. The lowest BCUT2D eigenvalue weighted by Crippen LogP contribution is -2.25. The fourth-order valence-corrected chi connectivity index (χ4v) is 1.14. The molecule has 0 aromatic heterocycles. The highest BCUT2D eigenvalue weighted by Crippen LogP contribution is 2.12. The highest BCUT2D eigenvalue weighted by atomic mass is 15.1. The van der Waals surface area contributed by atoms with Crippen LogP contribution in [0.2, 0.25) is 0 Å². The van der Waals surface area contributed by atoms with E-state index in [9.17, 15) is 0 Å². The van der Waals surface area contributed by atoms with Gasteiger partial charge in [0.15, 0.2) is 0 Å². The molecule has 0 atom stereocenters. The normalized spacial score (nSPS) is 10.3. The molecule has 0 aromatic carbocycles. The lowest BCUT2D eigenvalue weighted by atomic mass is 10.1. The van der Waals surface area contributed by atoms with Gasteiger partial charge in [0.05, 0.1) is 0 Å². The first-order valence-corrected chi connectivity index (χ1v) is 4.57. The molecule has 0 aliphatic rings. The molecule has 1 nitrogen and oxygen atoms in total. The first kappa shape index (κ1) is 10.5. The van der Waals surface area contributed by atoms with Gasteiger partial charge in [-0.1, -0.05) is 27.4 Å². The van der Waals surface area contributed by atoms with E-state index >= 15 is 0 Å². The Morgan fingerprint density at radius 3 is 2.18 bits per heavy atom. The molecule has 0 saturated heterocycles. The molecule has 0 aliphatic carbocycles. The van der Waals surface area contributed by atoms with Crippen LogP contribution in [0.5, 0.6) is 0 Å². The summed E-state index contributed by atoms with van der Waals surface area (Å²) < 4.78 is 0. The molecule has 0 bridgehead atoms. The zero-order valence-corrected chi connectivity index (χ0v) is 8.35. The Morgan fingerprint density at radius 1 is 1.36 bits per heavy atom. The maximum Gasteiger partial charge on any atom is 0.0172 e. The van der Waals surface area contributed by atoms with E-state index in [2.05, 4.69) is 39.2 Å². The van der Waals surface area contributed by atoms with E-state index in [1.807, 2.05) is 0 Å². The zero-order chi connectivity index (χ0) is 8.85. The summed E-state index contributed by atoms with van der Waals surface area (Å²) in [6.45, 7) is 15.1. The van der Waals surface area contributed by atoms with E-state index in [0.29, 0.717) is 5.92 Å². The predicted octanol–water partition coefficient (Wildman–Crippen LogP) is 2.89. The van der Waals surface area contributed by atoms with Gasteiger partial charge >= 0.3 is 0 Å². The maximum absolute atomic E-state index is 4.07. The summed E-state index contributed by atoms with van der Waals surface area (Å²) >= 11 is 0. The van der Waals surface area contributed by atoms with Crippen molar-refractivity contribution >= 4 is 0 Å². The molecule has 0 heterocycles. The lowest BCUT2D eigenvalue weighted by molar-refractivity contribution is 0.330. The molecular formula is C10H21N. The topological polar surface area (TPSA) is 3.24 Å². The minimum absolute atomic E-state index is 0.585. The molecule has 0 rings (SSSR count). The average molecular weight is 155 g/mol. The van der Waals surface area contributed by atoms with Gasteiger partial charge in [0.25, 0.3) is 0 Å². The molecule has 0 aliphatic heterocycles. The first-order valence-electron chi connectivity index (χ1n) is 4.57. The van der Waals surface area contributed by atoms with Crippen molar-refractivity contribution in [3.63, 3.8) is 0 Å². The Bertz CT molecular complexity index is 116. The molecule has 0 amide bonds. The second kappa shape index (κ2) is 5.22. The van der Waals surface area contributed by atoms with Gasteiger partial charge < -0.3 is 4.90 Å². The van der Waals surface area contributed by atoms with Crippen molar-refractivity contribution < 1.29 is 0 Å². The van der Waals surface area contributed by atoms with Gasteiger partial charge in [-0.05, 0) is 19.3 Å². The Kier molecular flexibility index (Phi) is 5.01. The summed E-state index contributed by atoms with van der Waals surface area (Å²) in [5, 5.41) is 0. The lowest BCUT2D eigenvalue weighted by Gasteiger charge is -2.27. The van der Waals surface area contributed by atoms with Crippen LogP contribution < -0.4 is 0 Å². The van der Waals surface area contributed by atoms with E-state index in [-0.39, 0.29) is 0 Å². The van der Waals surface area contributed by atoms with Crippen LogP contribution in [0.25, 0.3) is 0 Å². The van der Waals surface area contributed by atoms with E-state index < -0.39 is 0 Å². The number of hydrogen-bond acceptors (Lipinski definition) is 1. The molecule has 0 N–H and O–H groups in total. The second-order valence-electron chi connectivity index (χ2n) is 3.23. The zero-order valence-electron chi connectivity index (χ0n) is 8.35. The predicted molar refractivity (Wildman–Crippen MR) is 51.5 cm³/mol. The smallest absolute Gasteiger partial charge is 0.0172 e.